The maximum Gasteiger partial charge on any atom is 0.171 e. The summed E-state index contributed by atoms with van der Waals surface area (Å²) < 4.78 is 14.2. The molecule has 2 aromatic rings. The van der Waals surface area contributed by atoms with Gasteiger partial charge in [-0.1, -0.05) is 29.8 Å². The zero-order valence-corrected chi connectivity index (χ0v) is 12.4. The first-order valence-electron chi connectivity index (χ1n) is 6.02. The lowest BCUT2D eigenvalue weighted by Gasteiger charge is -2.08. The summed E-state index contributed by atoms with van der Waals surface area (Å²) in [7, 11) is 0. The number of benzene rings is 2. The van der Waals surface area contributed by atoms with E-state index in [9.17, 15) is 9.18 Å². The zero-order chi connectivity index (χ0) is 14.0. The van der Waals surface area contributed by atoms with E-state index in [-0.39, 0.29) is 17.8 Å². The van der Waals surface area contributed by atoms with Gasteiger partial charge in [-0.05, 0) is 53.0 Å². The van der Waals surface area contributed by atoms with Crippen LogP contribution in [0.4, 0.5) is 4.39 Å². The van der Waals surface area contributed by atoms with Crippen molar-refractivity contribution in [3.8, 4) is 0 Å². The van der Waals surface area contributed by atoms with Crippen LogP contribution in [0.1, 0.15) is 27.0 Å². The summed E-state index contributed by atoms with van der Waals surface area (Å²) in [5.41, 5.74) is 3.22. The number of carbonyl (C=O) groups is 1. The molecule has 98 valence electrons. The molecule has 0 atom stereocenters. The van der Waals surface area contributed by atoms with Crippen molar-refractivity contribution in [3.63, 3.8) is 0 Å². The van der Waals surface area contributed by atoms with Crippen LogP contribution in [0.3, 0.4) is 0 Å². The van der Waals surface area contributed by atoms with Crippen molar-refractivity contribution in [1.29, 1.82) is 0 Å². The van der Waals surface area contributed by atoms with Crippen molar-refractivity contribution in [3.05, 3.63) is 68.9 Å². The molecule has 0 radical (unpaired) electrons. The Hall–Kier alpha value is -1.48. The fourth-order valence-electron chi connectivity index (χ4n) is 2.02. The third kappa shape index (κ3) is 3.10. The van der Waals surface area contributed by atoms with E-state index >= 15 is 0 Å². The van der Waals surface area contributed by atoms with Crippen LogP contribution >= 0.6 is 15.9 Å². The Morgan fingerprint density at radius 2 is 1.95 bits per heavy atom. The van der Waals surface area contributed by atoms with Gasteiger partial charge in [0.25, 0.3) is 0 Å². The first-order chi connectivity index (χ1) is 8.99. The van der Waals surface area contributed by atoms with Crippen molar-refractivity contribution < 1.29 is 9.18 Å². The molecule has 0 heterocycles. The highest BCUT2D eigenvalue weighted by Gasteiger charge is 2.16. The Labute approximate surface area is 120 Å². The number of hydrogen-bond donors (Lipinski definition) is 0. The summed E-state index contributed by atoms with van der Waals surface area (Å²) in [6.07, 6.45) is 0.215. The van der Waals surface area contributed by atoms with Gasteiger partial charge in [0.2, 0.25) is 0 Å². The van der Waals surface area contributed by atoms with E-state index in [0.717, 1.165) is 16.7 Å². The van der Waals surface area contributed by atoms with Crippen molar-refractivity contribution in [1.82, 2.24) is 0 Å². The van der Waals surface area contributed by atoms with Crippen molar-refractivity contribution in [2.75, 3.05) is 0 Å². The highest BCUT2D eigenvalue weighted by Crippen LogP contribution is 2.22. The lowest BCUT2D eigenvalue weighted by atomic mass is 9.97. The monoisotopic (exact) mass is 320 g/mol. The molecule has 0 saturated heterocycles. The average Bonchev–Trinajstić information content (AvgIpc) is 2.33. The number of carbonyl (C=O) groups excluding carboxylic acids is 1. The second-order valence-electron chi connectivity index (χ2n) is 4.63. The van der Waals surface area contributed by atoms with Gasteiger partial charge >= 0.3 is 0 Å². The smallest absolute Gasteiger partial charge is 0.171 e. The maximum absolute atomic E-state index is 13.7. The summed E-state index contributed by atoms with van der Waals surface area (Å²) in [5, 5.41) is 0. The molecule has 0 aliphatic rings. The summed E-state index contributed by atoms with van der Waals surface area (Å²) in [6, 6.07) is 10.5. The molecule has 0 aromatic heterocycles. The summed E-state index contributed by atoms with van der Waals surface area (Å²) in [5.74, 6) is -0.691. The van der Waals surface area contributed by atoms with E-state index in [1.54, 1.807) is 12.1 Å². The van der Waals surface area contributed by atoms with Gasteiger partial charge in [-0.15, -0.1) is 0 Å². The Morgan fingerprint density at radius 1 is 1.21 bits per heavy atom. The van der Waals surface area contributed by atoms with E-state index in [0.29, 0.717) is 4.47 Å². The average molecular weight is 321 g/mol. The highest BCUT2D eigenvalue weighted by atomic mass is 79.9. The normalized spacial score (nSPS) is 10.5. The van der Waals surface area contributed by atoms with E-state index in [2.05, 4.69) is 15.9 Å². The molecule has 0 spiro atoms. The standard InChI is InChI=1S/C16H14BrFO/c1-10-6-7-11(2)12(8-10)9-15(19)16-13(17)4-3-5-14(16)18/h3-8H,9H2,1-2H3. The molecule has 3 heteroatoms. The van der Waals surface area contributed by atoms with Crippen LogP contribution in [0, 0.1) is 19.7 Å². The molecule has 0 aliphatic carbocycles. The third-order valence-corrected chi connectivity index (χ3v) is 3.76. The van der Waals surface area contributed by atoms with Gasteiger partial charge in [0.1, 0.15) is 5.82 Å². The number of halogens is 2. The topological polar surface area (TPSA) is 17.1 Å². The summed E-state index contributed by atoms with van der Waals surface area (Å²) >= 11 is 3.23. The van der Waals surface area contributed by atoms with Crippen LogP contribution in [0.2, 0.25) is 0 Å². The zero-order valence-electron chi connectivity index (χ0n) is 10.8. The third-order valence-electron chi connectivity index (χ3n) is 3.10. The van der Waals surface area contributed by atoms with Crippen LogP contribution in [-0.4, -0.2) is 5.78 Å². The molecular formula is C16H14BrFO. The Balaban J connectivity index is 2.34. The molecule has 0 fully saturated rings. The van der Waals surface area contributed by atoms with Crippen LogP contribution in [0.15, 0.2) is 40.9 Å². The number of ketones is 1. The van der Waals surface area contributed by atoms with E-state index in [4.69, 9.17) is 0 Å². The fraction of sp³-hybridized carbons (Fsp3) is 0.188. The van der Waals surface area contributed by atoms with Crippen LogP contribution in [0.25, 0.3) is 0 Å². The Kier molecular flexibility index (Phi) is 4.15. The maximum atomic E-state index is 13.7. The summed E-state index contributed by atoms with van der Waals surface area (Å²) in [6.45, 7) is 3.94. The minimum absolute atomic E-state index is 0.128. The number of rotatable bonds is 3. The lowest BCUT2D eigenvalue weighted by Crippen LogP contribution is -2.08. The predicted molar refractivity (Wildman–Crippen MR) is 78.1 cm³/mol. The first kappa shape index (κ1) is 13.9. The Morgan fingerprint density at radius 3 is 2.63 bits per heavy atom. The quantitative estimate of drug-likeness (QED) is 0.753. The van der Waals surface area contributed by atoms with Crippen molar-refractivity contribution in [2.24, 2.45) is 0 Å². The number of aryl methyl sites for hydroxylation is 2. The van der Waals surface area contributed by atoms with Gasteiger partial charge in [-0.2, -0.15) is 0 Å². The second kappa shape index (κ2) is 5.66. The molecule has 0 N–H and O–H groups in total. The molecule has 0 aliphatic heterocycles. The van der Waals surface area contributed by atoms with E-state index in [1.165, 1.54) is 6.07 Å². The van der Waals surface area contributed by atoms with E-state index in [1.807, 2.05) is 32.0 Å². The number of hydrogen-bond acceptors (Lipinski definition) is 1. The van der Waals surface area contributed by atoms with Gasteiger partial charge in [-0.3, -0.25) is 4.79 Å². The largest absolute Gasteiger partial charge is 0.294 e. The van der Waals surface area contributed by atoms with Crippen molar-refractivity contribution in [2.45, 2.75) is 20.3 Å². The minimum Gasteiger partial charge on any atom is -0.294 e. The lowest BCUT2D eigenvalue weighted by molar-refractivity contribution is 0.0988. The number of Topliss-reactive ketones (excluding diaryl/α,β-unsaturated/α-hetero) is 1. The SMILES string of the molecule is Cc1ccc(C)c(CC(=O)c2c(F)cccc2Br)c1. The predicted octanol–water partition coefficient (Wildman–Crippen LogP) is 4.63. The molecule has 1 nitrogen and oxygen atoms in total. The first-order valence-corrected chi connectivity index (χ1v) is 6.81. The molecule has 0 saturated carbocycles. The molecular weight excluding hydrogens is 307 g/mol. The van der Waals surface area contributed by atoms with Gasteiger partial charge in [0, 0.05) is 10.9 Å². The molecule has 0 bridgehead atoms. The molecule has 19 heavy (non-hydrogen) atoms. The summed E-state index contributed by atoms with van der Waals surface area (Å²) in [4.78, 5) is 12.2. The van der Waals surface area contributed by atoms with Crippen LogP contribution < -0.4 is 0 Å². The second-order valence-corrected chi connectivity index (χ2v) is 5.48. The van der Waals surface area contributed by atoms with Gasteiger partial charge < -0.3 is 0 Å². The van der Waals surface area contributed by atoms with Gasteiger partial charge in [0.15, 0.2) is 5.78 Å². The fourth-order valence-corrected chi connectivity index (χ4v) is 2.58. The molecule has 0 amide bonds. The van der Waals surface area contributed by atoms with E-state index < -0.39 is 5.82 Å². The van der Waals surface area contributed by atoms with Gasteiger partial charge in [0.05, 0.1) is 5.56 Å². The molecule has 2 rings (SSSR count). The Bertz CT molecular complexity index is 614. The van der Waals surface area contributed by atoms with Crippen molar-refractivity contribution >= 4 is 21.7 Å². The van der Waals surface area contributed by atoms with Crippen LogP contribution in [0.5, 0.6) is 0 Å². The molecule has 0 unspecified atom stereocenters. The molecule has 2 aromatic carbocycles. The van der Waals surface area contributed by atoms with Crippen LogP contribution in [-0.2, 0) is 6.42 Å². The highest BCUT2D eigenvalue weighted by molar-refractivity contribution is 9.10. The minimum atomic E-state index is -0.482. The van der Waals surface area contributed by atoms with Gasteiger partial charge in [-0.25, -0.2) is 4.39 Å².